The number of hydrogen-bond donors (Lipinski definition) is 0. The molecule has 0 radical (unpaired) electrons. The Hall–Kier alpha value is -2.18. The van der Waals surface area contributed by atoms with Crippen LogP contribution in [0.25, 0.3) is 22.4 Å². The van der Waals surface area contributed by atoms with Gasteiger partial charge in [-0.05, 0) is 28.0 Å². The van der Waals surface area contributed by atoms with Crippen molar-refractivity contribution in [3.05, 3.63) is 59.1 Å². The highest BCUT2D eigenvalue weighted by Crippen LogP contribution is 2.26. The second-order valence-corrected chi connectivity index (χ2v) is 3.96. The fraction of sp³-hybridized carbons (Fsp3) is 0.0714. The molecule has 0 aliphatic heterocycles. The van der Waals surface area contributed by atoms with E-state index in [1.807, 2.05) is 24.3 Å². The molecule has 0 heterocycles. The van der Waals surface area contributed by atoms with E-state index in [4.69, 9.17) is 5.53 Å². The molecule has 0 bridgehead atoms. The third-order valence-corrected chi connectivity index (χ3v) is 3.00. The molecule has 2 aromatic carbocycles. The van der Waals surface area contributed by atoms with E-state index in [1.165, 1.54) is 21.9 Å². The second kappa shape index (κ2) is 3.44. The molecule has 1 aliphatic carbocycles. The summed E-state index contributed by atoms with van der Waals surface area (Å²) < 4.78 is 0. The Bertz CT molecular complexity index is 647. The van der Waals surface area contributed by atoms with E-state index < -0.39 is 0 Å². The smallest absolute Gasteiger partial charge is 0.296 e. The number of hydrogen-bond acceptors (Lipinski definition) is 0. The Kier molecular flexibility index (Phi) is 1.95. The predicted octanol–water partition coefficient (Wildman–Crippen LogP) is 3.08. The van der Waals surface area contributed by atoms with E-state index in [0.29, 0.717) is 12.1 Å². The first-order valence-corrected chi connectivity index (χ1v) is 5.28. The van der Waals surface area contributed by atoms with Gasteiger partial charge in [0.2, 0.25) is 0 Å². The van der Waals surface area contributed by atoms with Crippen molar-refractivity contribution in [2.24, 2.45) is 0 Å². The summed E-state index contributed by atoms with van der Waals surface area (Å²) in [6.07, 6.45) is 4.60. The van der Waals surface area contributed by atoms with Crippen molar-refractivity contribution in [1.82, 2.24) is 0 Å². The first-order chi connectivity index (χ1) is 7.88. The summed E-state index contributed by atoms with van der Waals surface area (Å²) in [4.78, 5) is 3.26. The average Bonchev–Trinajstić information content (AvgIpc) is 2.38. The van der Waals surface area contributed by atoms with Crippen molar-refractivity contribution in [1.29, 1.82) is 0 Å². The maximum Gasteiger partial charge on any atom is 0.296 e. The highest BCUT2D eigenvalue weighted by molar-refractivity contribution is 6.03. The van der Waals surface area contributed by atoms with E-state index in [-0.39, 0.29) is 0 Å². The van der Waals surface area contributed by atoms with Gasteiger partial charge in [0.1, 0.15) is 0 Å². The molecule has 0 amide bonds. The van der Waals surface area contributed by atoms with Gasteiger partial charge in [0.15, 0.2) is 0 Å². The number of fused-ring (bicyclic) bond motifs is 3. The van der Waals surface area contributed by atoms with Crippen molar-refractivity contribution in [2.45, 2.75) is 6.42 Å². The third-order valence-electron chi connectivity index (χ3n) is 3.00. The van der Waals surface area contributed by atoms with Crippen molar-refractivity contribution >= 4 is 22.6 Å². The lowest BCUT2D eigenvalue weighted by atomic mass is 9.91. The fourth-order valence-corrected chi connectivity index (χ4v) is 2.19. The minimum Gasteiger partial charge on any atom is -0.361 e. The number of benzene rings is 2. The van der Waals surface area contributed by atoms with Gasteiger partial charge in [-0.15, -0.1) is 0 Å². The molecule has 0 atom stereocenters. The van der Waals surface area contributed by atoms with Gasteiger partial charge in [-0.2, -0.15) is 4.79 Å². The Labute approximate surface area is 93.5 Å². The zero-order valence-corrected chi connectivity index (χ0v) is 8.72. The molecule has 1 aliphatic rings. The largest absolute Gasteiger partial charge is 0.361 e. The zero-order valence-electron chi connectivity index (χ0n) is 8.72. The van der Waals surface area contributed by atoms with Gasteiger partial charge in [-0.25, -0.2) is 0 Å². The molecule has 2 nitrogen and oxygen atoms in total. The Morgan fingerprint density at radius 3 is 2.75 bits per heavy atom. The lowest BCUT2D eigenvalue weighted by Gasteiger charge is -2.10. The molecule has 16 heavy (non-hydrogen) atoms. The monoisotopic (exact) mass is 206 g/mol. The van der Waals surface area contributed by atoms with Crippen LogP contribution in [0.2, 0.25) is 0 Å². The maximum atomic E-state index is 8.77. The normalized spacial score (nSPS) is 13.6. The average molecular weight is 206 g/mol. The molecule has 0 aromatic heterocycles. The maximum absolute atomic E-state index is 8.77. The van der Waals surface area contributed by atoms with Crippen LogP contribution in [0.15, 0.2) is 42.5 Å². The number of nitrogens with zero attached hydrogens (tertiary/aromatic N) is 2. The van der Waals surface area contributed by atoms with Gasteiger partial charge in [0, 0.05) is 6.08 Å². The van der Waals surface area contributed by atoms with Gasteiger partial charge >= 0.3 is 0 Å². The topological polar surface area (TPSA) is 36.4 Å². The molecule has 0 saturated carbocycles. The highest BCUT2D eigenvalue weighted by atomic mass is 14.8. The molecule has 0 unspecified atom stereocenters. The predicted molar refractivity (Wildman–Crippen MR) is 65.3 cm³/mol. The van der Waals surface area contributed by atoms with Gasteiger partial charge in [-0.3, -0.25) is 0 Å². The van der Waals surface area contributed by atoms with Crippen molar-refractivity contribution in [3.8, 4) is 0 Å². The summed E-state index contributed by atoms with van der Waals surface area (Å²) in [6, 6.07) is 12.5. The number of rotatable bonds is 0. The molecular weight excluding hydrogens is 196 g/mol. The van der Waals surface area contributed by atoms with Gasteiger partial charge < -0.3 is 5.53 Å². The SMILES string of the molecule is [N-]=[N+]=C1C=Cc2c(ccc3ccccc23)C1. The minimum absolute atomic E-state index is 0.702. The second-order valence-electron chi connectivity index (χ2n) is 3.96. The summed E-state index contributed by atoms with van der Waals surface area (Å²) in [7, 11) is 0. The summed E-state index contributed by atoms with van der Waals surface area (Å²) in [5, 5.41) is 2.50. The zero-order chi connectivity index (χ0) is 11.0. The molecule has 0 spiro atoms. The fourth-order valence-electron chi connectivity index (χ4n) is 2.19. The lowest BCUT2D eigenvalue weighted by molar-refractivity contribution is -0.00552. The van der Waals surface area contributed by atoms with Crippen LogP contribution in [0.1, 0.15) is 11.1 Å². The molecule has 0 saturated heterocycles. The quantitative estimate of drug-likeness (QED) is 0.469. The number of allylic oxidation sites excluding steroid dienone is 1. The van der Waals surface area contributed by atoms with Crippen LogP contribution in [-0.2, 0) is 6.42 Å². The van der Waals surface area contributed by atoms with Crippen LogP contribution >= 0.6 is 0 Å². The van der Waals surface area contributed by atoms with Crippen molar-refractivity contribution in [3.63, 3.8) is 0 Å². The lowest BCUT2D eigenvalue weighted by Crippen LogP contribution is -2.06. The molecule has 3 rings (SSSR count). The Morgan fingerprint density at radius 2 is 1.88 bits per heavy atom. The summed E-state index contributed by atoms with van der Waals surface area (Å²) in [6.45, 7) is 0. The van der Waals surface area contributed by atoms with E-state index in [2.05, 4.69) is 29.1 Å². The molecule has 0 N–H and O–H groups in total. The van der Waals surface area contributed by atoms with Crippen LogP contribution in [0.5, 0.6) is 0 Å². The van der Waals surface area contributed by atoms with Crippen LogP contribution in [0.3, 0.4) is 0 Å². The highest BCUT2D eigenvalue weighted by Gasteiger charge is 2.15. The van der Waals surface area contributed by atoms with E-state index in [0.717, 1.165) is 0 Å². The third kappa shape index (κ3) is 1.28. The van der Waals surface area contributed by atoms with Crippen LogP contribution in [-0.4, -0.2) is 10.5 Å². The van der Waals surface area contributed by atoms with Crippen LogP contribution < -0.4 is 0 Å². The van der Waals surface area contributed by atoms with Crippen LogP contribution in [0.4, 0.5) is 0 Å². The van der Waals surface area contributed by atoms with E-state index >= 15 is 0 Å². The molecule has 2 heteroatoms. The summed E-state index contributed by atoms with van der Waals surface area (Å²) >= 11 is 0. The van der Waals surface area contributed by atoms with Crippen molar-refractivity contribution < 1.29 is 4.79 Å². The van der Waals surface area contributed by atoms with E-state index in [9.17, 15) is 0 Å². The molecule has 2 aromatic rings. The first kappa shape index (κ1) is 9.08. The van der Waals surface area contributed by atoms with Gasteiger partial charge in [0.25, 0.3) is 5.71 Å². The Balaban J connectivity index is 2.33. The molecular formula is C14H10N2. The molecule has 0 fully saturated rings. The first-order valence-electron chi connectivity index (χ1n) is 5.28. The summed E-state index contributed by atoms with van der Waals surface area (Å²) in [5.41, 5.74) is 11.9. The Morgan fingerprint density at radius 1 is 1.00 bits per heavy atom. The minimum atomic E-state index is 0.702. The summed E-state index contributed by atoms with van der Waals surface area (Å²) in [5.74, 6) is 0. The van der Waals surface area contributed by atoms with Crippen LogP contribution in [0, 0.1) is 0 Å². The molecule has 76 valence electrons. The van der Waals surface area contributed by atoms with Gasteiger partial charge in [0.05, 0.1) is 6.42 Å². The van der Waals surface area contributed by atoms with Gasteiger partial charge in [-0.1, -0.05) is 36.4 Å². The standard InChI is InChI=1S/C14H10N2/c15-16-12-7-8-14-11(9-12)6-5-10-3-1-2-4-13(10)14/h1-8H,9H2. The van der Waals surface area contributed by atoms with E-state index in [1.54, 1.807) is 0 Å². The van der Waals surface area contributed by atoms with Crippen molar-refractivity contribution in [2.75, 3.05) is 0 Å².